The molecule has 1 N–H and O–H groups in total. The third-order valence-electron chi connectivity index (χ3n) is 6.27. The molecule has 0 aliphatic carbocycles. The molecule has 0 unspecified atom stereocenters. The van der Waals surface area contributed by atoms with Gasteiger partial charge in [0.2, 0.25) is 21.8 Å². The number of amides is 2. The molecule has 0 aromatic heterocycles. The first kappa shape index (κ1) is 30.7. The molecule has 0 bridgehead atoms. The maximum absolute atomic E-state index is 13.9. The molecule has 0 radical (unpaired) electrons. The summed E-state index contributed by atoms with van der Waals surface area (Å²) >= 11 is 0. The minimum absolute atomic E-state index is 0.170. The van der Waals surface area contributed by atoms with Gasteiger partial charge in [0.15, 0.2) is 0 Å². The maximum Gasteiger partial charge on any atom is 0.244 e. The van der Waals surface area contributed by atoms with Crippen LogP contribution in [0.15, 0.2) is 78.9 Å². The SMILES string of the molecule is CC[C@H](C(=O)NC(C)(C)C)N(Cc1ccccc1C)C(=O)CN(c1ccc(Oc2ccccc2)cc1)S(C)(=O)=O. The molecule has 3 rings (SSSR count). The van der Waals surface area contributed by atoms with Crippen LogP contribution in [0.25, 0.3) is 0 Å². The van der Waals surface area contributed by atoms with Crippen molar-refractivity contribution in [2.24, 2.45) is 0 Å². The van der Waals surface area contributed by atoms with E-state index in [1.807, 2.05) is 89.2 Å². The Hall–Kier alpha value is -3.85. The number of hydrogen-bond donors (Lipinski definition) is 1. The highest BCUT2D eigenvalue weighted by molar-refractivity contribution is 7.92. The van der Waals surface area contributed by atoms with Crippen molar-refractivity contribution < 1.29 is 22.7 Å². The normalized spacial score (nSPS) is 12.3. The minimum atomic E-state index is -3.84. The summed E-state index contributed by atoms with van der Waals surface area (Å²) in [6.45, 7) is 9.12. The van der Waals surface area contributed by atoms with Crippen LogP contribution in [0.4, 0.5) is 5.69 Å². The largest absolute Gasteiger partial charge is 0.457 e. The summed E-state index contributed by atoms with van der Waals surface area (Å²) in [5, 5.41) is 2.97. The summed E-state index contributed by atoms with van der Waals surface area (Å²) in [5.41, 5.74) is 1.68. The van der Waals surface area contributed by atoms with Crippen molar-refractivity contribution in [3.8, 4) is 11.5 Å². The lowest BCUT2D eigenvalue weighted by Gasteiger charge is -2.34. The molecular weight excluding hydrogens is 526 g/mol. The Morgan fingerprint density at radius 3 is 2.02 bits per heavy atom. The van der Waals surface area contributed by atoms with Gasteiger partial charge in [0.25, 0.3) is 0 Å². The Labute approximate surface area is 238 Å². The molecule has 0 aliphatic rings. The molecule has 0 heterocycles. The number of para-hydroxylation sites is 1. The molecule has 40 heavy (non-hydrogen) atoms. The zero-order valence-corrected chi connectivity index (χ0v) is 24.9. The van der Waals surface area contributed by atoms with E-state index in [2.05, 4.69) is 5.32 Å². The van der Waals surface area contributed by atoms with Gasteiger partial charge in [-0.2, -0.15) is 0 Å². The fourth-order valence-corrected chi connectivity index (χ4v) is 5.11. The van der Waals surface area contributed by atoms with Crippen LogP contribution < -0.4 is 14.4 Å². The maximum atomic E-state index is 13.9. The summed E-state index contributed by atoms with van der Waals surface area (Å²) in [5.74, 6) is 0.414. The van der Waals surface area contributed by atoms with Gasteiger partial charge >= 0.3 is 0 Å². The van der Waals surface area contributed by atoms with Crippen molar-refractivity contribution in [3.05, 3.63) is 90.0 Å². The second-order valence-electron chi connectivity index (χ2n) is 10.8. The molecule has 9 heteroatoms. The van der Waals surface area contributed by atoms with Crippen LogP contribution in [0.1, 0.15) is 45.2 Å². The topological polar surface area (TPSA) is 96.0 Å². The van der Waals surface area contributed by atoms with Gasteiger partial charge in [-0.05, 0) is 81.6 Å². The highest BCUT2D eigenvalue weighted by Crippen LogP contribution is 2.26. The van der Waals surface area contributed by atoms with Gasteiger partial charge in [-0.3, -0.25) is 13.9 Å². The molecule has 3 aromatic rings. The molecule has 0 saturated heterocycles. The lowest BCUT2D eigenvalue weighted by Crippen LogP contribution is -2.55. The second-order valence-corrected chi connectivity index (χ2v) is 12.7. The summed E-state index contributed by atoms with van der Waals surface area (Å²) in [4.78, 5) is 28.7. The van der Waals surface area contributed by atoms with Gasteiger partial charge in [-0.15, -0.1) is 0 Å². The third-order valence-corrected chi connectivity index (χ3v) is 7.41. The van der Waals surface area contributed by atoms with Crippen LogP contribution in [0.3, 0.4) is 0 Å². The number of hydrogen-bond acceptors (Lipinski definition) is 5. The highest BCUT2D eigenvalue weighted by atomic mass is 32.2. The van der Waals surface area contributed by atoms with E-state index in [1.165, 1.54) is 4.90 Å². The summed E-state index contributed by atoms with van der Waals surface area (Å²) < 4.78 is 32.6. The van der Waals surface area contributed by atoms with Crippen molar-refractivity contribution in [3.63, 3.8) is 0 Å². The van der Waals surface area contributed by atoms with Gasteiger partial charge < -0.3 is 15.0 Å². The van der Waals surface area contributed by atoms with E-state index in [1.54, 1.807) is 24.3 Å². The second kappa shape index (κ2) is 13.0. The molecule has 3 aromatic carbocycles. The van der Waals surface area contributed by atoms with E-state index in [9.17, 15) is 18.0 Å². The monoisotopic (exact) mass is 565 g/mol. The number of carbonyl (C=O) groups excluding carboxylic acids is 2. The number of ether oxygens (including phenoxy) is 1. The van der Waals surface area contributed by atoms with Gasteiger partial charge in [-0.1, -0.05) is 49.4 Å². The number of anilines is 1. The van der Waals surface area contributed by atoms with E-state index in [0.29, 0.717) is 23.6 Å². The summed E-state index contributed by atoms with van der Waals surface area (Å²) in [6, 6.07) is 22.6. The standard InChI is InChI=1S/C31H39N3O5S/c1-7-28(30(36)32-31(3,4)5)33(21-24-14-12-11-13-23(24)2)29(35)22-34(40(6,37)38)25-17-19-27(20-18-25)39-26-15-9-8-10-16-26/h8-20,28H,7,21-22H2,1-6H3,(H,32,36)/t28-/m1/s1. The Morgan fingerprint density at radius 1 is 0.900 bits per heavy atom. The zero-order valence-electron chi connectivity index (χ0n) is 24.0. The highest BCUT2D eigenvalue weighted by Gasteiger charge is 2.33. The molecular formula is C31H39N3O5S. The van der Waals surface area contributed by atoms with Crippen LogP contribution in [0, 0.1) is 6.92 Å². The third kappa shape index (κ3) is 8.58. The Bertz CT molecular complexity index is 1400. The molecule has 8 nitrogen and oxygen atoms in total. The molecule has 0 saturated carbocycles. The molecule has 0 spiro atoms. The molecule has 1 atom stereocenters. The number of benzene rings is 3. The minimum Gasteiger partial charge on any atom is -0.457 e. The lowest BCUT2D eigenvalue weighted by atomic mass is 10.0. The Morgan fingerprint density at radius 2 is 1.48 bits per heavy atom. The number of sulfonamides is 1. The first-order chi connectivity index (χ1) is 18.8. The van der Waals surface area contributed by atoms with Crippen molar-refractivity contribution in [1.82, 2.24) is 10.2 Å². The summed E-state index contributed by atoms with van der Waals surface area (Å²) in [7, 11) is -3.84. The Balaban J connectivity index is 1.92. The Kier molecular flexibility index (Phi) is 9.98. The van der Waals surface area contributed by atoms with Crippen LogP contribution in [0.2, 0.25) is 0 Å². The molecule has 214 valence electrons. The van der Waals surface area contributed by atoms with Crippen molar-refractivity contribution in [2.75, 3.05) is 17.1 Å². The predicted octanol–water partition coefficient (Wildman–Crippen LogP) is 5.28. The predicted molar refractivity (Wildman–Crippen MR) is 159 cm³/mol. The first-order valence-corrected chi connectivity index (χ1v) is 15.1. The van der Waals surface area contributed by atoms with Gasteiger partial charge in [0, 0.05) is 12.1 Å². The average molecular weight is 566 g/mol. The van der Waals surface area contributed by atoms with Crippen LogP contribution in [-0.4, -0.2) is 49.5 Å². The summed E-state index contributed by atoms with van der Waals surface area (Å²) in [6.07, 6.45) is 1.42. The van der Waals surface area contributed by atoms with Gasteiger partial charge in [-0.25, -0.2) is 8.42 Å². The van der Waals surface area contributed by atoms with Crippen molar-refractivity contribution in [1.29, 1.82) is 0 Å². The van der Waals surface area contributed by atoms with Crippen LogP contribution in [0.5, 0.6) is 11.5 Å². The molecule has 0 aliphatic heterocycles. The number of carbonyl (C=O) groups is 2. The molecule has 0 fully saturated rings. The van der Waals surface area contributed by atoms with E-state index >= 15 is 0 Å². The van der Waals surface area contributed by atoms with Crippen molar-refractivity contribution in [2.45, 2.75) is 59.2 Å². The fourth-order valence-electron chi connectivity index (χ4n) is 4.26. The van der Waals surface area contributed by atoms with Crippen molar-refractivity contribution >= 4 is 27.5 Å². The van der Waals surface area contributed by atoms with Gasteiger partial charge in [0.1, 0.15) is 24.1 Å². The number of nitrogens with one attached hydrogen (secondary N) is 1. The lowest BCUT2D eigenvalue weighted by molar-refractivity contribution is -0.141. The molecule has 2 amide bonds. The van der Waals surface area contributed by atoms with E-state index in [-0.39, 0.29) is 12.5 Å². The smallest absolute Gasteiger partial charge is 0.244 e. The number of rotatable bonds is 11. The van der Waals surface area contributed by atoms with E-state index < -0.39 is 34.1 Å². The van der Waals surface area contributed by atoms with E-state index in [4.69, 9.17) is 4.74 Å². The quantitative estimate of drug-likeness (QED) is 0.342. The fraction of sp³-hybridized carbons (Fsp3) is 0.355. The number of nitrogens with zero attached hydrogens (tertiary/aromatic N) is 2. The van der Waals surface area contributed by atoms with Gasteiger partial charge in [0.05, 0.1) is 11.9 Å². The van der Waals surface area contributed by atoms with E-state index in [0.717, 1.165) is 21.7 Å². The van der Waals surface area contributed by atoms with Crippen LogP contribution in [-0.2, 0) is 26.2 Å². The van der Waals surface area contributed by atoms with Crippen LogP contribution >= 0.6 is 0 Å². The number of aryl methyl sites for hydroxylation is 1. The first-order valence-electron chi connectivity index (χ1n) is 13.2. The average Bonchev–Trinajstić information content (AvgIpc) is 2.87. The zero-order chi connectivity index (χ0) is 29.5.